The summed E-state index contributed by atoms with van der Waals surface area (Å²) in [5.41, 5.74) is 2.67. The molecule has 26 heavy (non-hydrogen) atoms. The SMILES string of the molecule is C[C@H](c1ccc(-n2cncn2)cc1)N(C)C(=O)c1cc2ccccc2o1. The van der Waals surface area contributed by atoms with Crippen molar-refractivity contribution in [2.75, 3.05) is 7.05 Å². The molecule has 130 valence electrons. The number of hydrogen-bond donors (Lipinski definition) is 0. The highest BCUT2D eigenvalue weighted by Crippen LogP contribution is 2.25. The summed E-state index contributed by atoms with van der Waals surface area (Å²) in [6.07, 6.45) is 3.14. The molecule has 4 rings (SSSR count). The first-order valence-electron chi connectivity index (χ1n) is 8.34. The van der Waals surface area contributed by atoms with E-state index >= 15 is 0 Å². The van der Waals surface area contributed by atoms with Gasteiger partial charge in [-0.05, 0) is 36.8 Å². The van der Waals surface area contributed by atoms with E-state index < -0.39 is 0 Å². The van der Waals surface area contributed by atoms with E-state index in [0.29, 0.717) is 11.3 Å². The lowest BCUT2D eigenvalue weighted by atomic mass is 10.1. The molecule has 0 bridgehead atoms. The monoisotopic (exact) mass is 346 g/mol. The van der Waals surface area contributed by atoms with E-state index in [2.05, 4.69) is 10.1 Å². The first-order chi connectivity index (χ1) is 12.6. The molecular formula is C20H18N4O2. The van der Waals surface area contributed by atoms with Gasteiger partial charge in [0.25, 0.3) is 5.91 Å². The Kier molecular flexibility index (Phi) is 4.01. The number of para-hydroxylation sites is 1. The van der Waals surface area contributed by atoms with Gasteiger partial charge in [0.2, 0.25) is 0 Å². The number of aromatic nitrogens is 3. The van der Waals surface area contributed by atoms with Gasteiger partial charge in [0.15, 0.2) is 5.76 Å². The van der Waals surface area contributed by atoms with Crippen LogP contribution in [0, 0.1) is 0 Å². The third-order valence-corrected chi connectivity index (χ3v) is 4.60. The van der Waals surface area contributed by atoms with E-state index in [1.165, 1.54) is 6.33 Å². The summed E-state index contributed by atoms with van der Waals surface area (Å²) in [5.74, 6) is 0.203. The van der Waals surface area contributed by atoms with Crippen molar-refractivity contribution in [2.45, 2.75) is 13.0 Å². The minimum Gasteiger partial charge on any atom is -0.451 e. The quantitative estimate of drug-likeness (QED) is 0.563. The molecule has 6 heteroatoms. The van der Waals surface area contributed by atoms with E-state index in [1.54, 1.807) is 29.0 Å². The van der Waals surface area contributed by atoms with E-state index in [9.17, 15) is 4.79 Å². The maximum atomic E-state index is 12.8. The number of amides is 1. The van der Waals surface area contributed by atoms with Gasteiger partial charge in [-0.15, -0.1) is 0 Å². The highest BCUT2D eigenvalue weighted by Gasteiger charge is 2.22. The van der Waals surface area contributed by atoms with E-state index in [0.717, 1.165) is 16.6 Å². The summed E-state index contributed by atoms with van der Waals surface area (Å²) in [6, 6.07) is 17.2. The van der Waals surface area contributed by atoms with Crippen LogP contribution in [-0.2, 0) is 0 Å². The van der Waals surface area contributed by atoms with Crippen molar-refractivity contribution in [3.8, 4) is 5.69 Å². The molecule has 0 aliphatic carbocycles. The third kappa shape index (κ3) is 2.86. The fourth-order valence-corrected chi connectivity index (χ4v) is 2.91. The molecule has 0 radical (unpaired) electrons. The van der Waals surface area contributed by atoms with Gasteiger partial charge in [-0.1, -0.05) is 30.3 Å². The number of furan rings is 1. The van der Waals surface area contributed by atoms with Gasteiger partial charge in [-0.3, -0.25) is 4.79 Å². The molecule has 4 aromatic rings. The Morgan fingerprint density at radius 2 is 1.92 bits per heavy atom. The smallest absolute Gasteiger partial charge is 0.289 e. The number of carbonyl (C=O) groups is 1. The van der Waals surface area contributed by atoms with Gasteiger partial charge in [0, 0.05) is 12.4 Å². The van der Waals surface area contributed by atoms with Crippen molar-refractivity contribution in [2.24, 2.45) is 0 Å². The number of rotatable bonds is 4. The average molecular weight is 346 g/mol. The standard InChI is InChI=1S/C20H18N4O2/c1-14(15-7-9-17(10-8-15)24-13-21-12-22-24)23(2)20(25)19-11-16-5-3-4-6-18(16)26-19/h3-14H,1-2H3/t14-/m1/s1. The number of hydrogen-bond acceptors (Lipinski definition) is 4. The van der Waals surface area contributed by atoms with Crippen LogP contribution in [0.3, 0.4) is 0 Å². The summed E-state index contributed by atoms with van der Waals surface area (Å²) in [5, 5.41) is 5.04. The predicted molar refractivity (Wildman–Crippen MR) is 98.1 cm³/mol. The van der Waals surface area contributed by atoms with Crippen molar-refractivity contribution in [3.05, 3.63) is 78.6 Å². The molecule has 0 aliphatic rings. The van der Waals surface area contributed by atoms with Gasteiger partial charge >= 0.3 is 0 Å². The summed E-state index contributed by atoms with van der Waals surface area (Å²) in [7, 11) is 1.78. The minimum atomic E-state index is -0.144. The van der Waals surface area contributed by atoms with Crippen molar-refractivity contribution in [3.63, 3.8) is 0 Å². The van der Waals surface area contributed by atoms with Gasteiger partial charge in [0.1, 0.15) is 18.2 Å². The van der Waals surface area contributed by atoms with Crippen LogP contribution < -0.4 is 0 Å². The van der Waals surface area contributed by atoms with Gasteiger partial charge in [-0.25, -0.2) is 9.67 Å². The highest BCUT2D eigenvalue weighted by atomic mass is 16.3. The molecule has 2 aromatic heterocycles. The Labute approximate surface area is 150 Å². The fourth-order valence-electron chi connectivity index (χ4n) is 2.91. The van der Waals surface area contributed by atoms with Crippen LogP contribution in [0.15, 0.2) is 71.7 Å². The molecule has 2 heterocycles. The first kappa shape index (κ1) is 16.1. The zero-order valence-electron chi connectivity index (χ0n) is 14.5. The van der Waals surface area contributed by atoms with E-state index in [1.807, 2.05) is 55.5 Å². The Hall–Kier alpha value is -3.41. The molecule has 6 nitrogen and oxygen atoms in total. The molecular weight excluding hydrogens is 328 g/mol. The van der Waals surface area contributed by atoms with E-state index in [-0.39, 0.29) is 11.9 Å². The summed E-state index contributed by atoms with van der Waals surface area (Å²) in [4.78, 5) is 18.4. The van der Waals surface area contributed by atoms with Gasteiger partial charge in [0.05, 0.1) is 11.7 Å². The Bertz CT molecular complexity index is 1000. The molecule has 0 saturated carbocycles. The molecule has 2 aromatic carbocycles. The zero-order valence-corrected chi connectivity index (χ0v) is 14.5. The van der Waals surface area contributed by atoms with Crippen molar-refractivity contribution in [1.82, 2.24) is 19.7 Å². The van der Waals surface area contributed by atoms with Crippen molar-refractivity contribution >= 4 is 16.9 Å². The zero-order chi connectivity index (χ0) is 18.1. The van der Waals surface area contributed by atoms with Crippen LogP contribution in [-0.4, -0.2) is 32.6 Å². The second-order valence-corrected chi connectivity index (χ2v) is 6.17. The largest absolute Gasteiger partial charge is 0.451 e. The lowest BCUT2D eigenvalue weighted by Crippen LogP contribution is -2.29. The second kappa shape index (κ2) is 6.48. The third-order valence-electron chi connectivity index (χ3n) is 4.60. The number of fused-ring (bicyclic) bond motifs is 1. The molecule has 0 N–H and O–H groups in total. The van der Waals surface area contributed by atoms with Crippen LogP contribution in [0.5, 0.6) is 0 Å². The minimum absolute atomic E-state index is 0.0968. The van der Waals surface area contributed by atoms with Crippen molar-refractivity contribution in [1.29, 1.82) is 0 Å². The molecule has 0 saturated heterocycles. The van der Waals surface area contributed by atoms with Crippen LogP contribution in [0.4, 0.5) is 0 Å². The molecule has 1 amide bonds. The Balaban J connectivity index is 1.55. The number of carbonyl (C=O) groups excluding carboxylic acids is 1. The molecule has 1 atom stereocenters. The topological polar surface area (TPSA) is 64.2 Å². The second-order valence-electron chi connectivity index (χ2n) is 6.17. The van der Waals surface area contributed by atoms with E-state index in [4.69, 9.17) is 4.42 Å². The van der Waals surface area contributed by atoms with Crippen LogP contribution in [0.2, 0.25) is 0 Å². The van der Waals surface area contributed by atoms with Gasteiger partial charge in [-0.2, -0.15) is 5.10 Å². The van der Waals surface area contributed by atoms with Crippen LogP contribution in [0.1, 0.15) is 29.1 Å². The van der Waals surface area contributed by atoms with Gasteiger partial charge < -0.3 is 9.32 Å². The molecule has 0 unspecified atom stereocenters. The van der Waals surface area contributed by atoms with Crippen LogP contribution >= 0.6 is 0 Å². The number of benzene rings is 2. The lowest BCUT2D eigenvalue weighted by molar-refractivity contribution is 0.0713. The summed E-state index contributed by atoms with van der Waals surface area (Å²) >= 11 is 0. The Morgan fingerprint density at radius 1 is 1.15 bits per heavy atom. The number of nitrogens with zero attached hydrogens (tertiary/aromatic N) is 4. The lowest BCUT2D eigenvalue weighted by Gasteiger charge is -2.24. The maximum absolute atomic E-state index is 12.8. The maximum Gasteiger partial charge on any atom is 0.289 e. The first-order valence-corrected chi connectivity index (χ1v) is 8.34. The average Bonchev–Trinajstić information content (AvgIpc) is 3.36. The summed E-state index contributed by atoms with van der Waals surface area (Å²) < 4.78 is 7.39. The summed E-state index contributed by atoms with van der Waals surface area (Å²) in [6.45, 7) is 1.99. The molecule has 0 spiro atoms. The highest BCUT2D eigenvalue weighted by molar-refractivity contribution is 5.96. The van der Waals surface area contributed by atoms with Crippen LogP contribution in [0.25, 0.3) is 16.7 Å². The molecule has 0 fully saturated rings. The normalized spacial score (nSPS) is 12.2. The Morgan fingerprint density at radius 3 is 2.62 bits per heavy atom. The fraction of sp³-hybridized carbons (Fsp3) is 0.150. The van der Waals surface area contributed by atoms with Crippen molar-refractivity contribution < 1.29 is 9.21 Å². The predicted octanol–water partition coefficient (Wildman–Crippen LogP) is 3.85. The molecule has 0 aliphatic heterocycles.